The van der Waals surface area contributed by atoms with Gasteiger partial charge in [-0.25, -0.2) is 4.98 Å². The summed E-state index contributed by atoms with van der Waals surface area (Å²) in [6.07, 6.45) is 2.38. The van der Waals surface area contributed by atoms with Gasteiger partial charge in [-0.2, -0.15) is 0 Å². The van der Waals surface area contributed by atoms with Gasteiger partial charge < -0.3 is 14.9 Å². The molecule has 112 valence electrons. The third-order valence-electron chi connectivity index (χ3n) is 3.58. The van der Waals surface area contributed by atoms with E-state index in [0.717, 1.165) is 11.4 Å². The van der Waals surface area contributed by atoms with E-state index in [-0.39, 0.29) is 11.5 Å². The number of aromatic nitrogens is 3. The van der Waals surface area contributed by atoms with Gasteiger partial charge >= 0.3 is 0 Å². The molecule has 0 aromatic carbocycles. The Kier molecular flexibility index (Phi) is 4.57. The Labute approximate surface area is 123 Å². The molecule has 6 heteroatoms. The number of amides is 1. The zero-order valence-corrected chi connectivity index (χ0v) is 12.6. The van der Waals surface area contributed by atoms with Crippen LogP contribution in [0.15, 0.2) is 23.3 Å². The normalized spacial score (nSPS) is 10.6. The lowest BCUT2D eigenvalue weighted by atomic mass is 10.1. The van der Waals surface area contributed by atoms with Crippen molar-refractivity contribution in [1.29, 1.82) is 0 Å². The largest absolute Gasteiger partial charge is 0.350 e. The second kappa shape index (κ2) is 6.39. The van der Waals surface area contributed by atoms with Crippen molar-refractivity contribution < 1.29 is 4.79 Å². The van der Waals surface area contributed by atoms with E-state index in [9.17, 15) is 9.59 Å². The number of H-pyrrole nitrogens is 1. The Balaban J connectivity index is 1.99. The molecule has 0 aliphatic carbocycles. The molecular formula is C15H20N4O2. The number of carbonyl (C=O) groups excluding carboxylic acids is 1. The van der Waals surface area contributed by atoms with Gasteiger partial charge in [0.1, 0.15) is 0 Å². The van der Waals surface area contributed by atoms with Gasteiger partial charge in [0.2, 0.25) is 5.56 Å². The van der Waals surface area contributed by atoms with Crippen LogP contribution < -0.4 is 10.9 Å². The molecule has 2 rings (SSSR count). The smallest absolute Gasteiger partial charge is 0.253 e. The fraction of sp³-hybridized carbons (Fsp3) is 0.400. The van der Waals surface area contributed by atoms with Crippen LogP contribution in [-0.4, -0.2) is 27.0 Å². The highest BCUT2D eigenvalue weighted by Crippen LogP contribution is 2.05. The lowest BCUT2D eigenvalue weighted by molar-refractivity contribution is 0.0951. The second-order valence-electron chi connectivity index (χ2n) is 4.93. The molecule has 0 radical (unpaired) electrons. The van der Waals surface area contributed by atoms with E-state index in [0.29, 0.717) is 30.8 Å². The van der Waals surface area contributed by atoms with Crippen LogP contribution in [-0.2, 0) is 13.0 Å². The van der Waals surface area contributed by atoms with E-state index in [1.807, 2.05) is 25.3 Å². The summed E-state index contributed by atoms with van der Waals surface area (Å²) in [6.45, 7) is 7.04. The maximum atomic E-state index is 12.2. The standard InChI is InChI=1S/C15H20N4O2/c1-4-13-12(5-6-14(20)18-13)15(21)16-7-8-19-9-17-10(2)11(19)3/h5-6,9H,4,7-8H2,1-3H3,(H,16,21)(H,18,20). The topological polar surface area (TPSA) is 79.8 Å². The second-order valence-corrected chi connectivity index (χ2v) is 4.93. The highest BCUT2D eigenvalue weighted by molar-refractivity contribution is 5.95. The van der Waals surface area contributed by atoms with Crippen molar-refractivity contribution in [2.75, 3.05) is 6.54 Å². The maximum absolute atomic E-state index is 12.2. The highest BCUT2D eigenvalue weighted by atomic mass is 16.1. The number of pyridine rings is 1. The Bertz CT molecular complexity index is 700. The number of imidazole rings is 1. The van der Waals surface area contributed by atoms with Crippen LogP contribution in [0.5, 0.6) is 0 Å². The first-order chi connectivity index (χ1) is 10.0. The molecule has 6 nitrogen and oxygen atoms in total. The fourth-order valence-electron chi connectivity index (χ4n) is 2.16. The van der Waals surface area contributed by atoms with Crippen LogP contribution in [0, 0.1) is 13.8 Å². The van der Waals surface area contributed by atoms with E-state index in [2.05, 4.69) is 15.3 Å². The third-order valence-corrected chi connectivity index (χ3v) is 3.58. The molecule has 0 saturated carbocycles. The number of hydrogen-bond acceptors (Lipinski definition) is 3. The minimum absolute atomic E-state index is 0.169. The first kappa shape index (κ1) is 15.0. The van der Waals surface area contributed by atoms with Crippen LogP contribution in [0.25, 0.3) is 0 Å². The molecule has 0 atom stereocenters. The average molecular weight is 288 g/mol. The van der Waals surface area contributed by atoms with Crippen molar-refractivity contribution in [2.24, 2.45) is 0 Å². The van der Waals surface area contributed by atoms with Crippen LogP contribution >= 0.6 is 0 Å². The molecule has 2 heterocycles. The molecule has 0 unspecified atom stereocenters. The van der Waals surface area contributed by atoms with E-state index < -0.39 is 0 Å². The number of nitrogens with one attached hydrogen (secondary N) is 2. The Morgan fingerprint density at radius 3 is 2.76 bits per heavy atom. The number of nitrogens with zero attached hydrogens (tertiary/aromatic N) is 2. The third kappa shape index (κ3) is 3.39. The van der Waals surface area contributed by atoms with Crippen molar-refractivity contribution in [3.05, 3.63) is 51.5 Å². The van der Waals surface area contributed by atoms with Gasteiger partial charge in [-0.15, -0.1) is 0 Å². The number of aryl methyl sites for hydroxylation is 2. The predicted octanol–water partition coefficient (Wildman–Crippen LogP) is 1.18. The van der Waals surface area contributed by atoms with Crippen molar-refractivity contribution in [3.63, 3.8) is 0 Å². The summed E-state index contributed by atoms with van der Waals surface area (Å²) in [5.41, 5.74) is 3.09. The zero-order valence-electron chi connectivity index (χ0n) is 12.6. The van der Waals surface area contributed by atoms with Gasteiger partial charge in [-0.1, -0.05) is 6.92 Å². The minimum Gasteiger partial charge on any atom is -0.350 e. The van der Waals surface area contributed by atoms with E-state index >= 15 is 0 Å². The van der Waals surface area contributed by atoms with Crippen LogP contribution in [0.3, 0.4) is 0 Å². The fourth-order valence-corrected chi connectivity index (χ4v) is 2.16. The summed E-state index contributed by atoms with van der Waals surface area (Å²) in [4.78, 5) is 30.3. The van der Waals surface area contributed by atoms with E-state index in [1.165, 1.54) is 6.07 Å². The molecule has 2 aromatic heterocycles. The summed E-state index contributed by atoms with van der Waals surface area (Å²) in [7, 11) is 0. The van der Waals surface area contributed by atoms with Gasteiger partial charge in [0, 0.05) is 30.5 Å². The number of aromatic amines is 1. The van der Waals surface area contributed by atoms with Crippen LogP contribution in [0.4, 0.5) is 0 Å². The molecule has 0 saturated heterocycles. The number of hydrogen-bond donors (Lipinski definition) is 2. The van der Waals surface area contributed by atoms with Crippen molar-refractivity contribution in [3.8, 4) is 0 Å². The summed E-state index contributed by atoms with van der Waals surface area (Å²) >= 11 is 0. The molecule has 0 bridgehead atoms. The Morgan fingerprint density at radius 1 is 1.38 bits per heavy atom. The predicted molar refractivity (Wildman–Crippen MR) is 80.5 cm³/mol. The molecular weight excluding hydrogens is 268 g/mol. The summed E-state index contributed by atoms with van der Waals surface area (Å²) in [6, 6.07) is 2.94. The van der Waals surface area contributed by atoms with Gasteiger partial charge in [0.15, 0.2) is 0 Å². The average Bonchev–Trinajstić information content (AvgIpc) is 2.79. The first-order valence-electron chi connectivity index (χ1n) is 7.01. The Hall–Kier alpha value is -2.37. The SMILES string of the molecule is CCc1[nH]c(=O)ccc1C(=O)NCCn1cnc(C)c1C. The molecule has 2 N–H and O–H groups in total. The van der Waals surface area contributed by atoms with Gasteiger partial charge in [0.05, 0.1) is 17.6 Å². The monoisotopic (exact) mass is 288 g/mol. The minimum atomic E-state index is -0.187. The summed E-state index contributed by atoms with van der Waals surface area (Å²) < 4.78 is 2.00. The van der Waals surface area contributed by atoms with Gasteiger partial charge in [0.25, 0.3) is 5.91 Å². The van der Waals surface area contributed by atoms with Crippen molar-refractivity contribution in [1.82, 2.24) is 19.9 Å². The van der Waals surface area contributed by atoms with Gasteiger partial charge in [-0.05, 0) is 26.3 Å². The van der Waals surface area contributed by atoms with Crippen LogP contribution in [0.2, 0.25) is 0 Å². The molecule has 21 heavy (non-hydrogen) atoms. The highest BCUT2D eigenvalue weighted by Gasteiger charge is 2.10. The Morgan fingerprint density at radius 2 is 2.14 bits per heavy atom. The number of rotatable bonds is 5. The molecule has 2 aromatic rings. The quantitative estimate of drug-likeness (QED) is 0.867. The van der Waals surface area contributed by atoms with Crippen molar-refractivity contribution >= 4 is 5.91 Å². The number of carbonyl (C=O) groups is 1. The van der Waals surface area contributed by atoms with Gasteiger partial charge in [-0.3, -0.25) is 9.59 Å². The molecule has 0 spiro atoms. The van der Waals surface area contributed by atoms with Crippen molar-refractivity contribution in [2.45, 2.75) is 33.7 Å². The first-order valence-corrected chi connectivity index (χ1v) is 7.01. The van der Waals surface area contributed by atoms with E-state index in [4.69, 9.17) is 0 Å². The summed E-state index contributed by atoms with van der Waals surface area (Å²) in [5, 5.41) is 2.87. The summed E-state index contributed by atoms with van der Waals surface area (Å²) in [5.74, 6) is -0.169. The molecule has 1 amide bonds. The molecule has 0 fully saturated rings. The zero-order chi connectivity index (χ0) is 15.4. The van der Waals surface area contributed by atoms with Crippen LogP contribution in [0.1, 0.15) is 34.4 Å². The molecule has 0 aliphatic heterocycles. The maximum Gasteiger partial charge on any atom is 0.253 e. The van der Waals surface area contributed by atoms with E-state index in [1.54, 1.807) is 12.4 Å². The lowest BCUT2D eigenvalue weighted by Crippen LogP contribution is -2.29. The molecule has 0 aliphatic rings. The lowest BCUT2D eigenvalue weighted by Gasteiger charge is -2.10.